The van der Waals surface area contributed by atoms with E-state index in [1.165, 1.54) is 7.11 Å². The maximum absolute atomic E-state index is 13.4. The number of methoxy groups -OCH3 is 1. The number of anilines is 4. The quantitative estimate of drug-likeness (QED) is 0.153. The van der Waals surface area contributed by atoms with E-state index in [-0.39, 0.29) is 16.9 Å². The summed E-state index contributed by atoms with van der Waals surface area (Å²) in [6.45, 7) is 12.7. The Bertz CT molecular complexity index is 1890. The number of carbonyl (C=O) groups excluding carboxylic acids is 1. The van der Waals surface area contributed by atoms with Gasteiger partial charge in [0.1, 0.15) is 5.75 Å². The Hall–Kier alpha value is -4.66. The van der Waals surface area contributed by atoms with Crippen molar-refractivity contribution in [3.63, 3.8) is 0 Å². The third kappa shape index (κ3) is 9.02. The monoisotopic (exact) mass is 677 g/mol. The Morgan fingerprint density at radius 2 is 1.65 bits per heavy atom. The molecule has 13 nitrogen and oxygen atoms in total. The first-order valence-corrected chi connectivity index (χ1v) is 17.6. The van der Waals surface area contributed by atoms with Crippen molar-refractivity contribution < 1.29 is 27.4 Å². The molecule has 256 valence electrons. The lowest BCUT2D eigenvalue weighted by Crippen LogP contribution is -2.39. The highest BCUT2D eigenvalue weighted by molar-refractivity contribution is 7.92. The molecule has 1 aliphatic heterocycles. The fourth-order valence-corrected chi connectivity index (χ4v) is 5.88. The maximum Gasteiger partial charge on any atom is 0.323 e. The number of morpholine rings is 1. The highest BCUT2D eigenvalue weighted by Gasteiger charge is 2.23. The number of rotatable bonds is 11. The first kappa shape index (κ1) is 34.7. The minimum absolute atomic E-state index is 0.187. The second-order valence-electron chi connectivity index (χ2n) is 12.6. The fourth-order valence-electron chi connectivity index (χ4n) is 5.33. The van der Waals surface area contributed by atoms with Crippen molar-refractivity contribution >= 4 is 49.8 Å². The SMILES string of the molecule is COc1c(NC(=O)Nc2ccc(Oc3cc(C)nc(NCCN4CCOCC4)n3)c3ccccc23)cc(C(C)(C)C)cc1NS(C)(=O)=O. The van der Waals surface area contributed by atoms with Gasteiger partial charge < -0.3 is 30.2 Å². The number of carbonyl (C=O) groups is 1. The van der Waals surface area contributed by atoms with Gasteiger partial charge in [-0.3, -0.25) is 9.62 Å². The number of sulfonamides is 1. The number of fused-ring (bicyclic) bond motifs is 1. The van der Waals surface area contributed by atoms with E-state index in [9.17, 15) is 13.2 Å². The van der Waals surface area contributed by atoms with E-state index in [1.54, 1.807) is 30.3 Å². The van der Waals surface area contributed by atoms with Gasteiger partial charge in [-0.1, -0.05) is 45.0 Å². The van der Waals surface area contributed by atoms with E-state index in [1.807, 2.05) is 52.0 Å². The zero-order chi connectivity index (χ0) is 34.5. The second kappa shape index (κ2) is 14.6. The molecule has 5 rings (SSSR count). The van der Waals surface area contributed by atoms with Gasteiger partial charge in [-0.25, -0.2) is 18.2 Å². The third-order valence-electron chi connectivity index (χ3n) is 7.69. The van der Waals surface area contributed by atoms with Crippen molar-refractivity contribution in [3.8, 4) is 17.4 Å². The van der Waals surface area contributed by atoms with Crippen LogP contribution in [0.15, 0.2) is 54.6 Å². The molecule has 3 aromatic carbocycles. The van der Waals surface area contributed by atoms with Crippen molar-refractivity contribution in [3.05, 3.63) is 65.9 Å². The molecule has 2 heterocycles. The zero-order valence-corrected chi connectivity index (χ0v) is 29.0. The van der Waals surface area contributed by atoms with Crippen molar-refractivity contribution in [2.45, 2.75) is 33.1 Å². The molecule has 0 aliphatic carbocycles. The molecule has 0 bridgehead atoms. The average Bonchev–Trinajstić information content (AvgIpc) is 3.01. The molecule has 4 aromatic rings. The number of aryl methyl sites for hydroxylation is 1. The number of amides is 2. The van der Waals surface area contributed by atoms with Crippen molar-refractivity contribution in [1.82, 2.24) is 14.9 Å². The molecular weight excluding hydrogens is 634 g/mol. The van der Waals surface area contributed by atoms with Crippen LogP contribution in [0.3, 0.4) is 0 Å². The van der Waals surface area contributed by atoms with E-state index in [2.05, 4.69) is 35.5 Å². The van der Waals surface area contributed by atoms with Crippen molar-refractivity contribution in [1.29, 1.82) is 0 Å². The average molecular weight is 678 g/mol. The standard InChI is InChI=1S/C34H43N7O6S/c1-22-19-30(39-32(36-22)35-13-14-41-15-17-46-18-16-41)47-29-12-11-26(24-9-7-8-10-25(24)29)37-33(42)38-27-20-23(34(2,3)4)21-28(31(27)45-5)40-48(6,43)44/h7-12,19-21,40H,13-18H2,1-6H3,(H,35,36,39)(H2,37,38,42). The molecule has 1 aromatic heterocycles. The Morgan fingerprint density at radius 3 is 2.33 bits per heavy atom. The highest BCUT2D eigenvalue weighted by Crippen LogP contribution is 2.40. The van der Waals surface area contributed by atoms with Gasteiger partial charge in [0.15, 0.2) is 5.75 Å². The molecule has 0 atom stereocenters. The van der Waals surface area contributed by atoms with Crippen LogP contribution in [0.1, 0.15) is 32.0 Å². The Kier molecular flexibility index (Phi) is 10.6. The van der Waals surface area contributed by atoms with Gasteiger partial charge in [0.05, 0.1) is 43.6 Å². The molecule has 1 aliphatic rings. The molecule has 1 saturated heterocycles. The zero-order valence-electron chi connectivity index (χ0n) is 28.1. The summed E-state index contributed by atoms with van der Waals surface area (Å²) in [6, 6.07) is 15.8. The van der Waals surface area contributed by atoms with Crippen molar-refractivity contribution in [2.24, 2.45) is 0 Å². The Labute approximate surface area is 281 Å². The number of ether oxygens (including phenoxy) is 3. The van der Waals surface area contributed by atoms with Gasteiger partial charge in [0.25, 0.3) is 0 Å². The predicted molar refractivity (Wildman–Crippen MR) is 189 cm³/mol. The Morgan fingerprint density at radius 1 is 0.958 bits per heavy atom. The molecule has 48 heavy (non-hydrogen) atoms. The number of aromatic nitrogens is 2. The van der Waals surface area contributed by atoms with E-state index < -0.39 is 16.1 Å². The van der Waals surface area contributed by atoms with Crippen LogP contribution in [-0.2, 0) is 20.2 Å². The number of nitrogens with one attached hydrogen (secondary N) is 4. The van der Waals surface area contributed by atoms with Gasteiger partial charge in [0, 0.05) is 48.7 Å². The van der Waals surface area contributed by atoms with Crippen molar-refractivity contribution in [2.75, 3.05) is 73.4 Å². The Balaban J connectivity index is 1.35. The summed E-state index contributed by atoms with van der Waals surface area (Å²) < 4.78 is 44.0. The number of urea groups is 1. The minimum atomic E-state index is -3.62. The molecule has 0 saturated carbocycles. The molecular formula is C34H43N7O6S. The van der Waals surface area contributed by atoms with Crippen LogP contribution in [-0.4, -0.2) is 82.1 Å². The van der Waals surface area contributed by atoms with Gasteiger partial charge in [-0.15, -0.1) is 0 Å². The summed E-state index contributed by atoms with van der Waals surface area (Å²) in [5, 5.41) is 10.6. The number of benzene rings is 3. The van der Waals surface area contributed by atoms with Gasteiger partial charge >= 0.3 is 6.03 Å². The second-order valence-corrected chi connectivity index (χ2v) is 14.4. The molecule has 0 unspecified atom stereocenters. The lowest BCUT2D eigenvalue weighted by atomic mass is 9.86. The third-order valence-corrected chi connectivity index (χ3v) is 8.29. The van der Waals surface area contributed by atoms with Gasteiger partial charge in [-0.05, 0) is 42.2 Å². The number of nitrogens with zero attached hydrogens (tertiary/aromatic N) is 3. The van der Waals surface area contributed by atoms with Crippen LogP contribution in [0, 0.1) is 6.92 Å². The summed E-state index contributed by atoms with van der Waals surface area (Å²) in [5.74, 6) is 1.62. The van der Waals surface area contributed by atoms with E-state index in [0.29, 0.717) is 35.5 Å². The van der Waals surface area contributed by atoms with E-state index in [0.717, 1.165) is 61.1 Å². The first-order valence-electron chi connectivity index (χ1n) is 15.7. The molecule has 4 N–H and O–H groups in total. The summed E-state index contributed by atoms with van der Waals surface area (Å²) in [5.41, 5.74) is 2.29. The summed E-state index contributed by atoms with van der Waals surface area (Å²) in [4.78, 5) is 24.8. The lowest BCUT2D eigenvalue weighted by Gasteiger charge is -2.26. The van der Waals surface area contributed by atoms with Crippen LogP contribution < -0.4 is 30.1 Å². The number of hydrogen-bond acceptors (Lipinski definition) is 10. The number of hydrogen-bond donors (Lipinski definition) is 4. The summed E-state index contributed by atoms with van der Waals surface area (Å²) >= 11 is 0. The lowest BCUT2D eigenvalue weighted by molar-refractivity contribution is 0.0398. The van der Waals surface area contributed by atoms with Gasteiger partial charge in [-0.2, -0.15) is 4.98 Å². The first-order chi connectivity index (χ1) is 22.8. The molecule has 2 amide bonds. The molecule has 1 fully saturated rings. The van der Waals surface area contributed by atoms with Crippen LogP contribution in [0.5, 0.6) is 17.4 Å². The van der Waals surface area contributed by atoms with Gasteiger partial charge in [0.2, 0.25) is 21.9 Å². The molecule has 0 radical (unpaired) electrons. The maximum atomic E-state index is 13.4. The fraction of sp³-hybridized carbons (Fsp3) is 0.382. The summed E-state index contributed by atoms with van der Waals surface area (Å²) in [6.07, 6.45) is 1.06. The van der Waals surface area contributed by atoms with Crippen LogP contribution in [0.2, 0.25) is 0 Å². The van der Waals surface area contributed by atoms with Crippen LogP contribution in [0.4, 0.5) is 27.8 Å². The normalized spacial score (nSPS) is 14.0. The predicted octanol–water partition coefficient (Wildman–Crippen LogP) is 5.80. The summed E-state index contributed by atoms with van der Waals surface area (Å²) in [7, 11) is -2.20. The molecule has 14 heteroatoms. The smallest absolute Gasteiger partial charge is 0.323 e. The molecule has 0 spiro atoms. The topological polar surface area (TPSA) is 156 Å². The van der Waals surface area contributed by atoms with E-state index >= 15 is 0 Å². The van der Waals surface area contributed by atoms with E-state index in [4.69, 9.17) is 14.2 Å². The highest BCUT2D eigenvalue weighted by atomic mass is 32.2. The van der Waals surface area contributed by atoms with Crippen LogP contribution in [0.25, 0.3) is 10.8 Å². The minimum Gasteiger partial charge on any atom is -0.492 e. The largest absolute Gasteiger partial charge is 0.492 e. The van der Waals surface area contributed by atoms with Crippen LogP contribution >= 0.6 is 0 Å².